The van der Waals surface area contributed by atoms with Crippen LogP contribution in [0.5, 0.6) is 5.75 Å². The number of nitrogens with one attached hydrogen (secondary N) is 1. The Hall–Kier alpha value is -3.11. The summed E-state index contributed by atoms with van der Waals surface area (Å²) in [6.07, 6.45) is 0.480. The first kappa shape index (κ1) is 27.9. The summed E-state index contributed by atoms with van der Waals surface area (Å²) in [5.41, 5.74) is 2.63. The summed E-state index contributed by atoms with van der Waals surface area (Å²) in [5.74, 6) is 0.179. The monoisotopic (exact) mass is 570 g/mol. The number of sulfonamides is 1. The number of aromatic nitrogens is 1. The molecule has 198 valence electrons. The van der Waals surface area contributed by atoms with Crippen molar-refractivity contribution < 1.29 is 23.1 Å². The number of hydrogen-bond acceptors (Lipinski definition) is 6. The van der Waals surface area contributed by atoms with Gasteiger partial charge in [0.1, 0.15) is 12.4 Å². The Morgan fingerprint density at radius 2 is 1.82 bits per heavy atom. The highest BCUT2D eigenvalue weighted by Crippen LogP contribution is 2.34. The van der Waals surface area contributed by atoms with E-state index in [4.69, 9.17) is 21.4 Å². The van der Waals surface area contributed by atoms with E-state index in [0.29, 0.717) is 29.6 Å². The lowest BCUT2D eigenvalue weighted by atomic mass is 10.1. The Bertz CT molecular complexity index is 1500. The van der Waals surface area contributed by atoms with Gasteiger partial charge in [0.25, 0.3) is 0 Å². The van der Waals surface area contributed by atoms with Crippen LogP contribution in [0.15, 0.2) is 89.8 Å². The Morgan fingerprint density at radius 3 is 2.61 bits per heavy atom. The summed E-state index contributed by atoms with van der Waals surface area (Å²) < 4.78 is 34.0. The zero-order valence-corrected chi connectivity index (χ0v) is 22.8. The molecule has 0 fully saturated rings. The summed E-state index contributed by atoms with van der Waals surface area (Å²) in [6.45, 7) is 0.480. The normalized spacial score (nSPS) is 12.3. The summed E-state index contributed by atoms with van der Waals surface area (Å²) in [5, 5.41) is 10.5. The van der Waals surface area contributed by atoms with Crippen molar-refractivity contribution in [3.8, 4) is 5.75 Å². The highest BCUT2D eigenvalue weighted by Gasteiger charge is 2.18. The van der Waals surface area contributed by atoms with Crippen LogP contribution in [0.3, 0.4) is 0 Å². The average Bonchev–Trinajstić information content (AvgIpc) is 2.91. The van der Waals surface area contributed by atoms with Gasteiger partial charge in [-0.2, -0.15) is 11.8 Å². The third-order valence-electron chi connectivity index (χ3n) is 5.73. The molecule has 0 saturated heterocycles. The van der Waals surface area contributed by atoms with Crippen molar-refractivity contribution in [1.29, 1.82) is 0 Å². The Balaban J connectivity index is 1.42. The standard InChI is InChI=1S/C28H27ClN2O5S2/c29-22-9-12-25(13-10-22)38(34,35)30-16-14-27(37-17-15-28(32)33)21-5-3-6-24(18-21)36-19-23-11-8-20-4-1-2-7-26(20)31-23/h1-13,18,27,30H,14-17,19H2,(H,32,33). The molecule has 1 atom stereocenters. The molecule has 0 bridgehead atoms. The molecule has 4 rings (SSSR count). The number of aliphatic carboxylic acids is 1. The highest BCUT2D eigenvalue weighted by molar-refractivity contribution is 7.99. The molecule has 0 saturated carbocycles. The van der Waals surface area contributed by atoms with E-state index >= 15 is 0 Å². The molecule has 1 unspecified atom stereocenters. The van der Waals surface area contributed by atoms with Gasteiger partial charge >= 0.3 is 5.97 Å². The van der Waals surface area contributed by atoms with Crippen molar-refractivity contribution >= 4 is 50.3 Å². The van der Waals surface area contributed by atoms with Crippen molar-refractivity contribution in [1.82, 2.24) is 9.71 Å². The predicted molar refractivity (Wildman–Crippen MR) is 151 cm³/mol. The lowest BCUT2D eigenvalue weighted by molar-refractivity contribution is -0.136. The minimum atomic E-state index is -3.70. The van der Waals surface area contributed by atoms with E-state index in [1.54, 1.807) is 0 Å². The lowest BCUT2D eigenvalue weighted by Gasteiger charge is -2.18. The third kappa shape index (κ3) is 7.94. The number of thioether (sulfide) groups is 1. The minimum Gasteiger partial charge on any atom is -0.487 e. The van der Waals surface area contributed by atoms with Gasteiger partial charge in [0.05, 0.1) is 22.5 Å². The molecule has 4 aromatic rings. The number of hydrogen-bond donors (Lipinski definition) is 2. The number of pyridine rings is 1. The van der Waals surface area contributed by atoms with Crippen LogP contribution in [-0.4, -0.2) is 36.8 Å². The maximum Gasteiger partial charge on any atom is 0.304 e. The van der Waals surface area contributed by atoms with Gasteiger partial charge in [-0.1, -0.05) is 48.0 Å². The van der Waals surface area contributed by atoms with Gasteiger partial charge in [0.15, 0.2) is 0 Å². The SMILES string of the molecule is O=C(O)CCSC(CCNS(=O)(=O)c1ccc(Cl)cc1)c1cccc(OCc2ccc3ccccc3n2)c1. The molecule has 1 heterocycles. The first-order valence-electron chi connectivity index (χ1n) is 12.0. The van der Waals surface area contributed by atoms with Crippen LogP contribution in [-0.2, 0) is 21.4 Å². The number of carbonyl (C=O) groups is 1. The van der Waals surface area contributed by atoms with Crippen LogP contribution in [0.25, 0.3) is 10.9 Å². The zero-order chi connectivity index (χ0) is 27.0. The summed E-state index contributed by atoms with van der Waals surface area (Å²) in [4.78, 5) is 15.8. The molecule has 0 aliphatic heterocycles. The number of carboxylic acids is 1. The Kier molecular flexibility index (Phi) is 9.63. The highest BCUT2D eigenvalue weighted by atomic mass is 35.5. The zero-order valence-electron chi connectivity index (χ0n) is 20.4. The topological polar surface area (TPSA) is 106 Å². The lowest BCUT2D eigenvalue weighted by Crippen LogP contribution is -2.25. The fraction of sp³-hybridized carbons (Fsp3) is 0.214. The maximum atomic E-state index is 12.7. The molecule has 7 nitrogen and oxygen atoms in total. The number of benzene rings is 3. The first-order chi connectivity index (χ1) is 18.3. The number of rotatable bonds is 13. The third-order valence-corrected chi connectivity index (χ3v) is 8.81. The van der Waals surface area contributed by atoms with Crippen molar-refractivity contribution in [3.63, 3.8) is 0 Å². The molecule has 1 aromatic heterocycles. The molecule has 38 heavy (non-hydrogen) atoms. The Labute approximate surface area is 231 Å². The largest absolute Gasteiger partial charge is 0.487 e. The van der Waals surface area contributed by atoms with E-state index in [0.717, 1.165) is 22.2 Å². The van der Waals surface area contributed by atoms with Crippen LogP contribution < -0.4 is 9.46 Å². The van der Waals surface area contributed by atoms with Gasteiger partial charge < -0.3 is 9.84 Å². The van der Waals surface area contributed by atoms with Crippen LogP contribution >= 0.6 is 23.4 Å². The van der Waals surface area contributed by atoms with Crippen LogP contribution in [0.1, 0.15) is 29.3 Å². The van der Waals surface area contributed by atoms with Gasteiger partial charge in [-0.15, -0.1) is 0 Å². The summed E-state index contributed by atoms with van der Waals surface area (Å²) in [7, 11) is -3.70. The molecule has 2 N–H and O–H groups in total. The molecule has 0 aliphatic rings. The van der Waals surface area contributed by atoms with Gasteiger partial charge in [0.2, 0.25) is 10.0 Å². The molecule has 0 amide bonds. The van der Waals surface area contributed by atoms with E-state index in [1.807, 2.05) is 60.7 Å². The molecule has 10 heteroatoms. The van der Waals surface area contributed by atoms with Crippen LogP contribution in [0.4, 0.5) is 0 Å². The van der Waals surface area contributed by atoms with Gasteiger partial charge in [-0.25, -0.2) is 18.1 Å². The number of halogens is 1. The second-order valence-electron chi connectivity index (χ2n) is 8.50. The quantitative estimate of drug-likeness (QED) is 0.200. The molecule has 0 spiro atoms. The van der Waals surface area contributed by atoms with Crippen LogP contribution in [0.2, 0.25) is 5.02 Å². The first-order valence-corrected chi connectivity index (χ1v) is 14.9. The maximum absolute atomic E-state index is 12.7. The van der Waals surface area contributed by atoms with Crippen molar-refractivity contribution in [2.75, 3.05) is 12.3 Å². The number of fused-ring (bicyclic) bond motifs is 1. The molecule has 3 aromatic carbocycles. The van der Waals surface area contributed by atoms with Crippen LogP contribution in [0, 0.1) is 0 Å². The van der Waals surface area contributed by atoms with E-state index in [9.17, 15) is 13.2 Å². The van der Waals surface area contributed by atoms with Crippen molar-refractivity contribution in [2.45, 2.75) is 29.6 Å². The molecule has 0 radical (unpaired) electrons. The number of nitrogens with zero attached hydrogens (tertiary/aromatic N) is 1. The minimum absolute atomic E-state index is 0.0154. The second-order valence-corrected chi connectivity index (χ2v) is 12.0. The fourth-order valence-corrected chi connectivity index (χ4v) is 6.18. The van der Waals surface area contributed by atoms with Crippen molar-refractivity contribution in [3.05, 3.63) is 101 Å². The fourth-order valence-electron chi connectivity index (χ4n) is 3.81. The number of carboxylic acid groups (broad SMARTS) is 1. The number of ether oxygens (including phenoxy) is 1. The van der Waals surface area contributed by atoms with Gasteiger partial charge in [-0.05, 0) is 60.5 Å². The van der Waals surface area contributed by atoms with Gasteiger partial charge in [-0.3, -0.25) is 4.79 Å². The molecular formula is C28H27ClN2O5S2. The smallest absolute Gasteiger partial charge is 0.304 e. The summed E-state index contributed by atoms with van der Waals surface area (Å²) in [6, 6.07) is 25.4. The second kappa shape index (κ2) is 13.1. The predicted octanol–water partition coefficient (Wildman–Crippen LogP) is 6.08. The molecule has 0 aliphatic carbocycles. The van der Waals surface area contributed by atoms with Crippen molar-refractivity contribution in [2.24, 2.45) is 0 Å². The van der Waals surface area contributed by atoms with E-state index in [1.165, 1.54) is 36.0 Å². The molecular weight excluding hydrogens is 544 g/mol. The van der Waals surface area contributed by atoms with E-state index in [-0.39, 0.29) is 23.1 Å². The average molecular weight is 571 g/mol. The van der Waals surface area contributed by atoms with E-state index < -0.39 is 16.0 Å². The number of para-hydroxylation sites is 1. The Morgan fingerprint density at radius 1 is 1.03 bits per heavy atom. The van der Waals surface area contributed by atoms with E-state index in [2.05, 4.69) is 9.71 Å². The summed E-state index contributed by atoms with van der Waals surface area (Å²) >= 11 is 7.34. The van der Waals surface area contributed by atoms with Gasteiger partial charge in [0, 0.05) is 28.0 Å².